The first-order valence-electron chi connectivity index (χ1n) is 20.6. The first-order valence-corrected chi connectivity index (χ1v) is 13.6. The van der Waals surface area contributed by atoms with Crippen LogP contribution in [0, 0.1) is 0 Å². The van der Waals surface area contributed by atoms with E-state index in [2.05, 4.69) is 0 Å². The molecule has 200 valence electrons. The molecule has 9 aromatic rings. The molecule has 0 spiro atoms. The van der Waals surface area contributed by atoms with Crippen LogP contribution in [0.15, 0.2) is 162 Å². The molecule has 1 nitrogen and oxygen atoms in total. The van der Waals surface area contributed by atoms with Gasteiger partial charge < -0.3 is 4.42 Å². The third-order valence-corrected chi connectivity index (χ3v) is 7.83. The number of fused-ring (bicyclic) bond motifs is 7. The van der Waals surface area contributed by atoms with Crippen molar-refractivity contribution in [2.45, 2.75) is 0 Å². The molecule has 0 bridgehead atoms. The number of hydrogen-bond acceptors (Lipinski definition) is 1. The van der Waals surface area contributed by atoms with Gasteiger partial charge in [0, 0.05) is 16.2 Å². The van der Waals surface area contributed by atoms with Crippen LogP contribution in [0.4, 0.5) is 0 Å². The Bertz CT molecular complexity index is 3210. The second-order valence-electron chi connectivity index (χ2n) is 10.1. The number of furan rings is 1. The van der Waals surface area contributed by atoms with Crippen LogP contribution in [0.1, 0.15) is 19.2 Å². The third-order valence-electron chi connectivity index (χ3n) is 7.83. The highest BCUT2D eigenvalue weighted by molar-refractivity contribution is 6.23. The Morgan fingerprint density at radius 2 is 1.05 bits per heavy atom. The van der Waals surface area contributed by atoms with Crippen LogP contribution < -0.4 is 0 Å². The summed E-state index contributed by atoms with van der Waals surface area (Å²) in [4.78, 5) is 0. The van der Waals surface area contributed by atoms with Gasteiger partial charge in [0.15, 0.2) is 0 Å². The van der Waals surface area contributed by atoms with Crippen molar-refractivity contribution in [2.24, 2.45) is 0 Å². The zero-order chi connectivity index (χ0) is 40.5. The molecule has 1 heteroatoms. The fourth-order valence-electron chi connectivity index (χ4n) is 6.03. The molecule has 0 atom stereocenters. The van der Waals surface area contributed by atoms with E-state index in [4.69, 9.17) is 19.5 Å². The fraction of sp³-hybridized carbons (Fsp3) is 0. The monoisotopic (exact) mass is 560 g/mol. The summed E-state index contributed by atoms with van der Waals surface area (Å²) in [6.07, 6.45) is 0. The van der Waals surface area contributed by atoms with E-state index in [1.807, 2.05) is 42.5 Å². The molecule has 43 heavy (non-hydrogen) atoms. The van der Waals surface area contributed by atoms with Crippen LogP contribution >= 0.6 is 0 Å². The molecule has 0 unspecified atom stereocenters. The van der Waals surface area contributed by atoms with Gasteiger partial charge in [-0.1, -0.05) is 139 Å². The van der Waals surface area contributed by atoms with Crippen LogP contribution in [0.5, 0.6) is 0 Å². The van der Waals surface area contributed by atoms with Gasteiger partial charge in [-0.3, -0.25) is 0 Å². The Hall–Kier alpha value is -5.66. The highest BCUT2D eigenvalue weighted by Gasteiger charge is 2.19. The summed E-state index contributed by atoms with van der Waals surface area (Å²) in [5.41, 5.74) is 1.72. The molecule has 0 fully saturated rings. The van der Waals surface area contributed by atoms with Gasteiger partial charge in [0.2, 0.25) is 0 Å². The van der Waals surface area contributed by atoms with Crippen molar-refractivity contribution in [1.29, 1.82) is 0 Å². The van der Waals surface area contributed by atoms with E-state index < -0.39 is 60.4 Å². The predicted octanol–water partition coefficient (Wildman–Crippen LogP) is 12.0. The summed E-state index contributed by atoms with van der Waals surface area (Å²) in [5, 5.41) is 1.93. The van der Waals surface area contributed by atoms with Crippen molar-refractivity contribution < 1.29 is 23.6 Å². The minimum absolute atomic E-state index is 0.0317. The molecule has 1 heterocycles. The maximum Gasteiger partial charge on any atom is 0.143 e. The zero-order valence-corrected chi connectivity index (χ0v) is 22.3. The lowest BCUT2D eigenvalue weighted by Gasteiger charge is -2.19. The second kappa shape index (κ2) is 9.44. The number of benzene rings is 8. The van der Waals surface area contributed by atoms with Crippen molar-refractivity contribution >= 4 is 54.3 Å². The molecular formula is C42H26O. The van der Waals surface area contributed by atoms with Crippen molar-refractivity contribution in [3.63, 3.8) is 0 Å². The van der Waals surface area contributed by atoms with E-state index in [0.717, 1.165) is 0 Å². The van der Waals surface area contributed by atoms with E-state index >= 15 is 0 Å². The van der Waals surface area contributed by atoms with E-state index in [9.17, 15) is 4.11 Å². The summed E-state index contributed by atoms with van der Waals surface area (Å²) >= 11 is 0. The Kier molecular flexibility index (Phi) is 3.07. The molecule has 0 aliphatic rings. The average molecular weight is 561 g/mol. The van der Waals surface area contributed by atoms with E-state index in [0.29, 0.717) is 43.8 Å². The molecule has 0 radical (unpaired) electrons. The maximum absolute atomic E-state index is 9.73. The van der Waals surface area contributed by atoms with Crippen molar-refractivity contribution in [3.8, 4) is 33.4 Å². The normalized spacial score (nSPS) is 16.3. The minimum Gasteiger partial charge on any atom is -0.455 e. The molecule has 0 aliphatic carbocycles. The fourth-order valence-corrected chi connectivity index (χ4v) is 6.03. The molecule has 1 aromatic heterocycles. The standard InChI is InChI=1S/C42H26O/c1-2-12-27(13-3-1)30-15-6-7-17-32(30)41-35-20-10-8-18-33(35)40(34-19-9-11-21-36(34)41)29-23-25-39-38(26-29)37-24-22-28-14-4-5-16-31(28)42(37)43-39/h1-26H/i1D,2D,3D,4D,5D,12D,13D,14D,16D,22D,23D,24D,25D,26D. The lowest BCUT2D eigenvalue weighted by molar-refractivity contribution is 0.672. The summed E-state index contributed by atoms with van der Waals surface area (Å²) < 4.78 is 129. The molecule has 0 amide bonds. The van der Waals surface area contributed by atoms with Crippen LogP contribution in [0.3, 0.4) is 0 Å². The average Bonchev–Trinajstić information content (AvgIpc) is 3.62. The van der Waals surface area contributed by atoms with Gasteiger partial charge >= 0.3 is 0 Å². The van der Waals surface area contributed by atoms with Crippen molar-refractivity contribution in [2.75, 3.05) is 0 Å². The van der Waals surface area contributed by atoms with Crippen LogP contribution in [0.2, 0.25) is 0 Å². The van der Waals surface area contributed by atoms with Gasteiger partial charge in [-0.25, -0.2) is 0 Å². The van der Waals surface area contributed by atoms with Crippen molar-refractivity contribution in [3.05, 3.63) is 157 Å². The minimum atomic E-state index is -0.577. The summed E-state index contributed by atoms with van der Waals surface area (Å²) in [6, 6.07) is 15.3. The summed E-state index contributed by atoms with van der Waals surface area (Å²) in [6.45, 7) is 0. The van der Waals surface area contributed by atoms with Gasteiger partial charge in [-0.15, -0.1) is 0 Å². The van der Waals surface area contributed by atoms with Gasteiger partial charge in [0.05, 0.1) is 19.2 Å². The number of rotatable bonds is 3. The van der Waals surface area contributed by atoms with Gasteiger partial charge in [-0.05, 0) is 78.4 Å². The highest BCUT2D eigenvalue weighted by atomic mass is 16.3. The molecular weight excluding hydrogens is 520 g/mol. The second-order valence-corrected chi connectivity index (χ2v) is 10.1. The Balaban J connectivity index is 1.44. The predicted molar refractivity (Wildman–Crippen MR) is 183 cm³/mol. The Morgan fingerprint density at radius 1 is 0.419 bits per heavy atom. The van der Waals surface area contributed by atoms with Gasteiger partial charge in [0.25, 0.3) is 0 Å². The molecule has 0 N–H and O–H groups in total. The van der Waals surface area contributed by atoms with Crippen LogP contribution in [-0.4, -0.2) is 0 Å². The smallest absolute Gasteiger partial charge is 0.143 e. The zero-order valence-electron chi connectivity index (χ0n) is 36.3. The maximum atomic E-state index is 9.73. The largest absolute Gasteiger partial charge is 0.455 e. The van der Waals surface area contributed by atoms with Gasteiger partial charge in [-0.2, -0.15) is 0 Å². The first kappa shape index (κ1) is 14.0. The molecule has 0 aliphatic heterocycles. The lowest BCUT2D eigenvalue weighted by atomic mass is 9.83. The summed E-state index contributed by atoms with van der Waals surface area (Å²) in [5.74, 6) is 0. The number of hydrogen-bond donors (Lipinski definition) is 0. The van der Waals surface area contributed by atoms with Crippen LogP contribution in [-0.2, 0) is 0 Å². The first-order chi connectivity index (χ1) is 27.2. The SMILES string of the molecule is [2H]c1c([2H])c([2H])c(-c2ccccc2-c2c3ccccc3c(-c3c([2H])c([2H])c4oc5c6c([2H])c([2H])c([2H])c([2H])c6c([2H])c([2H])c5c4c3[2H])c3ccccc23)c([2H])c1[2H]. The quantitative estimate of drug-likeness (QED) is 0.196. The van der Waals surface area contributed by atoms with Gasteiger partial charge in [0.1, 0.15) is 11.2 Å². The molecule has 9 rings (SSSR count). The van der Waals surface area contributed by atoms with Crippen molar-refractivity contribution in [1.82, 2.24) is 0 Å². The van der Waals surface area contributed by atoms with Crippen LogP contribution in [0.25, 0.3) is 87.6 Å². The highest BCUT2D eigenvalue weighted by Crippen LogP contribution is 2.47. The van der Waals surface area contributed by atoms with E-state index in [-0.39, 0.29) is 68.0 Å². The summed E-state index contributed by atoms with van der Waals surface area (Å²) in [7, 11) is 0. The van der Waals surface area contributed by atoms with E-state index in [1.54, 1.807) is 30.3 Å². The molecule has 0 saturated heterocycles. The molecule has 8 aromatic carbocycles. The lowest BCUT2D eigenvalue weighted by Crippen LogP contribution is -1.92. The Morgan fingerprint density at radius 3 is 1.79 bits per heavy atom. The molecule has 0 saturated carbocycles. The van der Waals surface area contributed by atoms with E-state index in [1.165, 1.54) is 0 Å². The third kappa shape index (κ3) is 3.65. The topological polar surface area (TPSA) is 13.1 Å². The Labute approximate surface area is 268 Å².